The van der Waals surface area contributed by atoms with Gasteiger partial charge in [-0.1, -0.05) is 6.07 Å². The number of morpholine rings is 1. The predicted molar refractivity (Wildman–Crippen MR) is 97.9 cm³/mol. The SMILES string of the molecule is CNc1ccc(CN2CCC[C@H](CN3CCOCC3)C2)cc1[N+](=O)[O-]. The standard InChI is InChI=1S/C18H28N4O3/c1-19-17-5-4-15(11-18(17)22(23)24)12-21-6-2-3-16(14-21)13-20-7-9-25-10-8-20/h4-5,11,16,19H,2-3,6-10,12-14H2,1H3/t16-/m1/s1. The van der Waals surface area contributed by atoms with Crippen LogP contribution in [0.2, 0.25) is 0 Å². The maximum atomic E-state index is 11.2. The van der Waals surface area contributed by atoms with Crippen LogP contribution in [-0.4, -0.2) is 67.7 Å². The Morgan fingerprint density at radius 1 is 1.28 bits per heavy atom. The first-order valence-electron chi connectivity index (χ1n) is 9.13. The van der Waals surface area contributed by atoms with Crippen molar-refractivity contribution in [1.82, 2.24) is 9.80 Å². The summed E-state index contributed by atoms with van der Waals surface area (Å²) in [5, 5.41) is 14.1. The minimum atomic E-state index is -0.313. The van der Waals surface area contributed by atoms with Crippen LogP contribution in [0.3, 0.4) is 0 Å². The molecule has 0 bridgehead atoms. The smallest absolute Gasteiger partial charge is 0.292 e. The number of ether oxygens (including phenoxy) is 1. The number of nitrogens with one attached hydrogen (secondary N) is 1. The molecule has 2 heterocycles. The molecule has 0 saturated carbocycles. The average molecular weight is 348 g/mol. The molecule has 3 rings (SSSR count). The summed E-state index contributed by atoms with van der Waals surface area (Å²) in [4.78, 5) is 15.9. The molecule has 1 aromatic carbocycles. The summed E-state index contributed by atoms with van der Waals surface area (Å²) in [6, 6.07) is 5.50. The van der Waals surface area contributed by atoms with Crippen LogP contribution in [-0.2, 0) is 11.3 Å². The van der Waals surface area contributed by atoms with Crippen molar-refractivity contribution in [2.45, 2.75) is 19.4 Å². The molecule has 0 amide bonds. The van der Waals surface area contributed by atoms with Crippen LogP contribution >= 0.6 is 0 Å². The van der Waals surface area contributed by atoms with Gasteiger partial charge in [-0.25, -0.2) is 0 Å². The lowest BCUT2D eigenvalue weighted by Crippen LogP contribution is -2.44. The number of hydrogen-bond acceptors (Lipinski definition) is 6. The summed E-state index contributed by atoms with van der Waals surface area (Å²) >= 11 is 0. The van der Waals surface area contributed by atoms with E-state index in [0.717, 1.165) is 58.0 Å². The van der Waals surface area contributed by atoms with Gasteiger partial charge < -0.3 is 10.1 Å². The second kappa shape index (κ2) is 8.60. The molecule has 138 valence electrons. The van der Waals surface area contributed by atoms with Gasteiger partial charge in [0.1, 0.15) is 5.69 Å². The van der Waals surface area contributed by atoms with Gasteiger partial charge in [-0.2, -0.15) is 0 Å². The highest BCUT2D eigenvalue weighted by Crippen LogP contribution is 2.27. The van der Waals surface area contributed by atoms with Gasteiger partial charge in [-0.15, -0.1) is 0 Å². The summed E-state index contributed by atoms with van der Waals surface area (Å²) in [7, 11) is 1.71. The molecule has 1 atom stereocenters. The molecule has 25 heavy (non-hydrogen) atoms. The predicted octanol–water partition coefficient (Wildman–Crippen LogP) is 2.18. The first-order valence-corrected chi connectivity index (χ1v) is 9.13. The highest BCUT2D eigenvalue weighted by Gasteiger charge is 2.24. The van der Waals surface area contributed by atoms with E-state index in [1.54, 1.807) is 13.1 Å². The van der Waals surface area contributed by atoms with Gasteiger partial charge in [0.25, 0.3) is 5.69 Å². The molecule has 7 nitrogen and oxygen atoms in total. The topological polar surface area (TPSA) is 70.9 Å². The quantitative estimate of drug-likeness (QED) is 0.628. The van der Waals surface area contributed by atoms with E-state index in [4.69, 9.17) is 4.74 Å². The van der Waals surface area contributed by atoms with E-state index < -0.39 is 0 Å². The fourth-order valence-electron chi connectivity index (χ4n) is 3.89. The van der Waals surface area contributed by atoms with E-state index in [2.05, 4.69) is 15.1 Å². The van der Waals surface area contributed by atoms with Gasteiger partial charge in [0.05, 0.1) is 18.1 Å². The van der Waals surface area contributed by atoms with Gasteiger partial charge in [-0.3, -0.25) is 19.9 Å². The molecule has 2 aliphatic rings. The number of hydrogen-bond donors (Lipinski definition) is 1. The summed E-state index contributed by atoms with van der Waals surface area (Å²) < 4.78 is 5.43. The summed E-state index contributed by atoms with van der Waals surface area (Å²) in [6.07, 6.45) is 2.47. The lowest BCUT2D eigenvalue weighted by Gasteiger charge is -2.36. The number of likely N-dealkylation sites (tertiary alicyclic amines) is 1. The molecule has 0 radical (unpaired) electrons. The first-order chi connectivity index (χ1) is 12.2. The van der Waals surface area contributed by atoms with Gasteiger partial charge >= 0.3 is 0 Å². The first kappa shape index (κ1) is 18.1. The summed E-state index contributed by atoms with van der Waals surface area (Å²) in [5.74, 6) is 0.679. The zero-order valence-corrected chi connectivity index (χ0v) is 14.9. The number of rotatable bonds is 6. The molecule has 2 saturated heterocycles. The van der Waals surface area contributed by atoms with E-state index in [-0.39, 0.29) is 10.6 Å². The van der Waals surface area contributed by atoms with Crippen molar-refractivity contribution < 1.29 is 9.66 Å². The van der Waals surface area contributed by atoms with Crippen LogP contribution in [0.15, 0.2) is 18.2 Å². The molecule has 1 N–H and O–H groups in total. The van der Waals surface area contributed by atoms with Crippen molar-refractivity contribution in [3.05, 3.63) is 33.9 Å². The largest absolute Gasteiger partial charge is 0.383 e. The number of anilines is 1. The van der Waals surface area contributed by atoms with E-state index in [0.29, 0.717) is 11.6 Å². The van der Waals surface area contributed by atoms with E-state index in [9.17, 15) is 10.1 Å². The number of benzene rings is 1. The third kappa shape index (κ3) is 4.90. The van der Waals surface area contributed by atoms with Crippen molar-refractivity contribution in [3.63, 3.8) is 0 Å². The van der Waals surface area contributed by atoms with Crippen LogP contribution in [0.25, 0.3) is 0 Å². The minimum absolute atomic E-state index is 0.155. The molecule has 7 heteroatoms. The Balaban J connectivity index is 1.58. The Hall–Kier alpha value is -1.70. The zero-order chi connectivity index (χ0) is 17.6. The maximum Gasteiger partial charge on any atom is 0.292 e. The molecule has 0 unspecified atom stereocenters. The number of nitro benzene ring substituents is 1. The molecule has 0 aliphatic carbocycles. The number of nitro groups is 1. The van der Waals surface area contributed by atoms with Crippen molar-refractivity contribution in [2.75, 3.05) is 58.3 Å². The molecule has 1 aromatic rings. The van der Waals surface area contributed by atoms with Crippen LogP contribution < -0.4 is 5.32 Å². The number of nitrogens with zero attached hydrogens (tertiary/aromatic N) is 3. The van der Waals surface area contributed by atoms with Gasteiger partial charge in [-0.05, 0) is 36.9 Å². The number of piperidine rings is 1. The van der Waals surface area contributed by atoms with Gasteiger partial charge in [0, 0.05) is 45.8 Å². The summed E-state index contributed by atoms with van der Waals surface area (Å²) in [6.45, 7) is 7.82. The lowest BCUT2D eigenvalue weighted by molar-refractivity contribution is -0.384. The zero-order valence-electron chi connectivity index (χ0n) is 14.9. The second-order valence-corrected chi connectivity index (χ2v) is 7.01. The van der Waals surface area contributed by atoms with Crippen LogP contribution in [0.1, 0.15) is 18.4 Å². The average Bonchev–Trinajstić information content (AvgIpc) is 2.63. The van der Waals surface area contributed by atoms with Crippen molar-refractivity contribution in [3.8, 4) is 0 Å². The molecule has 2 fully saturated rings. The summed E-state index contributed by atoms with van der Waals surface area (Å²) in [5.41, 5.74) is 1.73. The Morgan fingerprint density at radius 3 is 2.80 bits per heavy atom. The van der Waals surface area contributed by atoms with Crippen molar-refractivity contribution in [1.29, 1.82) is 0 Å². The fraction of sp³-hybridized carbons (Fsp3) is 0.667. The third-order valence-corrected chi connectivity index (χ3v) is 5.16. The van der Waals surface area contributed by atoms with Crippen LogP contribution in [0.4, 0.5) is 11.4 Å². The van der Waals surface area contributed by atoms with Crippen LogP contribution in [0, 0.1) is 16.0 Å². The van der Waals surface area contributed by atoms with E-state index in [1.165, 1.54) is 12.8 Å². The molecular weight excluding hydrogens is 320 g/mol. The van der Waals surface area contributed by atoms with Crippen molar-refractivity contribution in [2.24, 2.45) is 5.92 Å². The Labute approximate surface area is 149 Å². The second-order valence-electron chi connectivity index (χ2n) is 7.01. The lowest BCUT2D eigenvalue weighted by atomic mass is 9.96. The monoisotopic (exact) mass is 348 g/mol. The highest BCUT2D eigenvalue weighted by molar-refractivity contribution is 5.62. The third-order valence-electron chi connectivity index (χ3n) is 5.16. The molecular formula is C18H28N4O3. The molecule has 0 spiro atoms. The Morgan fingerprint density at radius 2 is 2.08 bits per heavy atom. The van der Waals surface area contributed by atoms with Gasteiger partial charge in [0.15, 0.2) is 0 Å². The highest BCUT2D eigenvalue weighted by atomic mass is 16.6. The van der Waals surface area contributed by atoms with Crippen molar-refractivity contribution >= 4 is 11.4 Å². The Bertz CT molecular complexity index is 590. The molecule has 2 aliphatic heterocycles. The fourth-order valence-corrected chi connectivity index (χ4v) is 3.89. The maximum absolute atomic E-state index is 11.2. The van der Waals surface area contributed by atoms with E-state index >= 15 is 0 Å². The minimum Gasteiger partial charge on any atom is -0.383 e. The van der Waals surface area contributed by atoms with Crippen LogP contribution in [0.5, 0.6) is 0 Å². The van der Waals surface area contributed by atoms with E-state index in [1.807, 2.05) is 12.1 Å². The normalized spacial score (nSPS) is 22.7. The van der Waals surface area contributed by atoms with Gasteiger partial charge in [0.2, 0.25) is 0 Å². The Kier molecular flexibility index (Phi) is 6.23. The molecule has 0 aromatic heterocycles.